The first-order chi connectivity index (χ1) is 9.09. The van der Waals surface area contributed by atoms with Gasteiger partial charge >= 0.3 is 0 Å². The molecule has 0 spiro atoms. The van der Waals surface area contributed by atoms with Crippen LogP contribution in [0.3, 0.4) is 0 Å². The molecular weight excluding hydrogens is 232 g/mol. The van der Waals surface area contributed by atoms with E-state index in [1.165, 1.54) is 63.4 Å². The normalized spacial score (nSPS) is 50.1. The SMILES string of the molecule is CC12CC3CC(C1)CC(C(O)C1=CCCCC1)(C3)C2. The molecule has 0 radical (unpaired) electrons. The molecule has 5 aliphatic rings. The molecule has 3 unspecified atom stereocenters. The maximum Gasteiger partial charge on any atom is 0.0806 e. The predicted molar refractivity (Wildman–Crippen MR) is 77.8 cm³/mol. The molecule has 5 aliphatic carbocycles. The summed E-state index contributed by atoms with van der Waals surface area (Å²) in [4.78, 5) is 0. The molecule has 1 heteroatoms. The molecule has 0 heterocycles. The van der Waals surface area contributed by atoms with Crippen molar-refractivity contribution in [2.24, 2.45) is 22.7 Å². The molecule has 5 rings (SSSR count). The zero-order valence-corrected chi connectivity index (χ0v) is 12.3. The highest BCUT2D eigenvalue weighted by Crippen LogP contribution is 2.66. The smallest absolute Gasteiger partial charge is 0.0806 e. The second kappa shape index (κ2) is 4.10. The topological polar surface area (TPSA) is 20.2 Å². The molecule has 4 saturated carbocycles. The van der Waals surface area contributed by atoms with Crippen molar-refractivity contribution in [1.29, 1.82) is 0 Å². The van der Waals surface area contributed by atoms with Gasteiger partial charge in [0.25, 0.3) is 0 Å². The quantitative estimate of drug-likeness (QED) is 0.727. The zero-order chi connectivity index (χ0) is 13.1. The predicted octanol–water partition coefficient (Wildman–Crippen LogP) is 4.45. The van der Waals surface area contributed by atoms with Crippen molar-refractivity contribution in [1.82, 2.24) is 0 Å². The van der Waals surface area contributed by atoms with Crippen LogP contribution in [0.2, 0.25) is 0 Å². The molecule has 0 saturated heterocycles. The Morgan fingerprint density at radius 1 is 1.16 bits per heavy atom. The Kier molecular flexibility index (Phi) is 2.68. The Morgan fingerprint density at radius 3 is 2.47 bits per heavy atom. The summed E-state index contributed by atoms with van der Waals surface area (Å²) in [6.45, 7) is 2.50. The highest BCUT2D eigenvalue weighted by molar-refractivity contribution is 5.20. The van der Waals surface area contributed by atoms with Crippen molar-refractivity contribution in [2.75, 3.05) is 0 Å². The summed E-state index contributed by atoms with van der Waals surface area (Å²) >= 11 is 0. The lowest BCUT2D eigenvalue weighted by Crippen LogP contribution is -2.55. The molecule has 0 aromatic heterocycles. The van der Waals surface area contributed by atoms with Crippen molar-refractivity contribution in [3.8, 4) is 0 Å². The van der Waals surface area contributed by atoms with Gasteiger partial charge in [-0.15, -0.1) is 0 Å². The van der Waals surface area contributed by atoms with Gasteiger partial charge in [-0.3, -0.25) is 0 Å². The first-order valence-electron chi connectivity index (χ1n) is 8.46. The van der Waals surface area contributed by atoms with Crippen LogP contribution in [0.1, 0.15) is 71.1 Å². The average Bonchev–Trinajstić information content (AvgIpc) is 2.36. The average molecular weight is 260 g/mol. The van der Waals surface area contributed by atoms with Gasteiger partial charge in [0.1, 0.15) is 0 Å². The number of hydrogen-bond acceptors (Lipinski definition) is 1. The van der Waals surface area contributed by atoms with Crippen LogP contribution >= 0.6 is 0 Å². The molecule has 0 amide bonds. The number of aliphatic hydroxyl groups excluding tert-OH is 1. The standard InChI is InChI=1S/C18H28O/c1-17-8-13-7-14(9-17)11-18(10-13,12-17)16(19)15-5-3-2-4-6-15/h5,13-14,16,19H,2-4,6-12H2,1H3. The molecular formula is C18H28O. The fourth-order valence-electron chi connectivity index (χ4n) is 6.62. The third kappa shape index (κ3) is 1.92. The van der Waals surface area contributed by atoms with Crippen LogP contribution in [0.25, 0.3) is 0 Å². The number of hydrogen-bond donors (Lipinski definition) is 1. The minimum Gasteiger partial charge on any atom is -0.388 e. The molecule has 19 heavy (non-hydrogen) atoms. The van der Waals surface area contributed by atoms with E-state index in [1.54, 1.807) is 0 Å². The maximum atomic E-state index is 11.1. The van der Waals surface area contributed by atoms with Gasteiger partial charge in [0.15, 0.2) is 0 Å². The largest absolute Gasteiger partial charge is 0.388 e. The van der Waals surface area contributed by atoms with Gasteiger partial charge in [-0.2, -0.15) is 0 Å². The van der Waals surface area contributed by atoms with Gasteiger partial charge in [0.05, 0.1) is 6.10 Å². The highest BCUT2D eigenvalue weighted by Gasteiger charge is 2.58. The zero-order valence-electron chi connectivity index (χ0n) is 12.3. The summed E-state index contributed by atoms with van der Waals surface area (Å²) in [5.41, 5.74) is 2.22. The van der Waals surface area contributed by atoms with E-state index in [-0.39, 0.29) is 11.5 Å². The molecule has 106 valence electrons. The Morgan fingerprint density at radius 2 is 1.89 bits per heavy atom. The van der Waals surface area contributed by atoms with Gasteiger partial charge in [0.2, 0.25) is 0 Å². The van der Waals surface area contributed by atoms with Gasteiger partial charge in [0, 0.05) is 5.41 Å². The molecule has 0 aromatic rings. The van der Waals surface area contributed by atoms with E-state index in [0.717, 1.165) is 18.3 Å². The monoisotopic (exact) mass is 260 g/mol. The van der Waals surface area contributed by atoms with Crippen LogP contribution in [0.5, 0.6) is 0 Å². The first-order valence-corrected chi connectivity index (χ1v) is 8.46. The lowest BCUT2D eigenvalue weighted by atomic mass is 9.43. The summed E-state index contributed by atoms with van der Waals surface area (Å²) in [6.07, 6.45) is 15.5. The molecule has 0 aromatic carbocycles. The minimum absolute atomic E-state index is 0.113. The third-order valence-corrected chi connectivity index (χ3v) is 6.66. The first kappa shape index (κ1) is 12.4. The highest BCUT2D eigenvalue weighted by atomic mass is 16.3. The summed E-state index contributed by atoms with van der Waals surface area (Å²) in [5, 5.41) is 11.1. The summed E-state index contributed by atoms with van der Waals surface area (Å²) < 4.78 is 0. The van der Waals surface area contributed by atoms with E-state index < -0.39 is 0 Å². The maximum absolute atomic E-state index is 11.1. The Balaban J connectivity index is 1.64. The molecule has 1 N–H and O–H groups in total. The lowest BCUT2D eigenvalue weighted by molar-refractivity contribution is -0.144. The fraction of sp³-hybridized carbons (Fsp3) is 0.889. The van der Waals surface area contributed by atoms with Crippen molar-refractivity contribution in [3.05, 3.63) is 11.6 Å². The fourth-order valence-corrected chi connectivity index (χ4v) is 6.62. The summed E-state index contributed by atoms with van der Waals surface area (Å²) in [5.74, 6) is 1.84. The van der Waals surface area contributed by atoms with Crippen LogP contribution in [0.4, 0.5) is 0 Å². The summed E-state index contributed by atoms with van der Waals surface area (Å²) in [7, 11) is 0. The van der Waals surface area contributed by atoms with Crippen LogP contribution in [0.15, 0.2) is 11.6 Å². The van der Waals surface area contributed by atoms with Crippen LogP contribution in [-0.4, -0.2) is 11.2 Å². The van der Waals surface area contributed by atoms with Crippen LogP contribution < -0.4 is 0 Å². The Hall–Kier alpha value is -0.300. The minimum atomic E-state index is -0.113. The molecule has 1 nitrogen and oxygen atoms in total. The second-order valence-corrected chi connectivity index (χ2v) is 8.56. The second-order valence-electron chi connectivity index (χ2n) is 8.56. The van der Waals surface area contributed by atoms with Crippen molar-refractivity contribution < 1.29 is 5.11 Å². The van der Waals surface area contributed by atoms with Gasteiger partial charge in [-0.05, 0) is 87.0 Å². The molecule has 0 aliphatic heterocycles. The Bertz CT molecular complexity index is 394. The molecule has 4 fully saturated rings. The van der Waals surface area contributed by atoms with Crippen LogP contribution in [-0.2, 0) is 0 Å². The Labute approximate surface area is 117 Å². The van der Waals surface area contributed by atoms with Crippen molar-refractivity contribution in [3.63, 3.8) is 0 Å². The van der Waals surface area contributed by atoms with E-state index in [1.807, 2.05) is 0 Å². The van der Waals surface area contributed by atoms with Gasteiger partial charge in [-0.1, -0.05) is 13.0 Å². The van der Waals surface area contributed by atoms with E-state index in [9.17, 15) is 5.11 Å². The number of rotatable bonds is 2. The number of aliphatic hydroxyl groups is 1. The lowest BCUT2D eigenvalue weighted by Gasteiger charge is -2.63. The van der Waals surface area contributed by atoms with Gasteiger partial charge < -0.3 is 5.11 Å². The third-order valence-electron chi connectivity index (χ3n) is 6.66. The van der Waals surface area contributed by atoms with E-state index >= 15 is 0 Å². The molecule has 3 atom stereocenters. The van der Waals surface area contributed by atoms with Crippen molar-refractivity contribution >= 4 is 0 Å². The molecule has 4 bridgehead atoms. The van der Waals surface area contributed by atoms with E-state index in [4.69, 9.17) is 0 Å². The van der Waals surface area contributed by atoms with Gasteiger partial charge in [-0.25, -0.2) is 0 Å². The summed E-state index contributed by atoms with van der Waals surface area (Å²) in [6, 6.07) is 0. The van der Waals surface area contributed by atoms with E-state index in [2.05, 4.69) is 13.0 Å². The number of allylic oxidation sites excluding steroid dienone is 1. The van der Waals surface area contributed by atoms with Crippen LogP contribution in [0, 0.1) is 22.7 Å². The van der Waals surface area contributed by atoms with E-state index in [0.29, 0.717) is 5.41 Å². The van der Waals surface area contributed by atoms with Crippen molar-refractivity contribution in [2.45, 2.75) is 77.2 Å².